The number of hydrogen-bond donors (Lipinski definition) is 4. The molecule has 1 aliphatic rings. The molecule has 17 heavy (non-hydrogen) atoms. The lowest BCUT2D eigenvalue weighted by molar-refractivity contribution is -0.129. The van der Waals surface area contributed by atoms with Crippen LogP contribution >= 0.6 is 0 Å². The Balaban J connectivity index is 2.60. The van der Waals surface area contributed by atoms with E-state index < -0.39 is 12.3 Å². The maximum absolute atomic E-state index is 11.2. The van der Waals surface area contributed by atoms with Crippen LogP contribution in [0.5, 0.6) is 0 Å². The Morgan fingerprint density at radius 1 is 1.59 bits per heavy atom. The number of carboxylic acids is 1. The number of allylic oxidation sites excluding steroid dienone is 1. The molecule has 1 atom stereocenters. The highest BCUT2D eigenvalue weighted by molar-refractivity contribution is 6.35. The lowest BCUT2D eigenvalue weighted by Crippen LogP contribution is -2.55. The van der Waals surface area contributed by atoms with Gasteiger partial charge in [-0.1, -0.05) is 13.3 Å². The van der Waals surface area contributed by atoms with E-state index in [2.05, 4.69) is 21.2 Å². The van der Waals surface area contributed by atoms with Gasteiger partial charge in [0, 0.05) is 11.8 Å². The van der Waals surface area contributed by atoms with Crippen LogP contribution in [-0.2, 0) is 9.59 Å². The second kappa shape index (κ2) is 5.88. The van der Waals surface area contributed by atoms with Crippen molar-refractivity contribution >= 4 is 17.6 Å². The Bertz CT molecular complexity index is 376. The number of carboxylic acid groups (broad SMARTS) is 1. The van der Waals surface area contributed by atoms with E-state index in [1.807, 2.05) is 6.92 Å². The molecule has 1 amide bonds. The number of rotatable bonds is 5. The third-order valence-electron chi connectivity index (χ3n) is 2.07. The van der Waals surface area contributed by atoms with Crippen LogP contribution in [0.2, 0.25) is 0 Å². The highest BCUT2D eigenvalue weighted by Gasteiger charge is 2.16. The second-order valence-electron chi connectivity index (χ2n) is 3.66. The van der Waals surface area contributed by atoms with Crippen molar-refractivity contribution in [2.45, 2.75) is 33.0 Å². The van der Waals surface area contributed by atoms with Crippen LogP contribution in [0.4, 0.5) is 0 Å². The number of hydrogen-bond acceptors (Lipinski definition) is 5. The summed E-state index contributed by atoms with van der Waals surface area (Å²) in [7, 11) is 0. The molecule has 0 saturated heterocycles. The number of aliphatic carboxylic acids is 1. The average Bonchev–Trinajstić information content (AvgIpc) is 2.22. The van der Waals surface area contributed by atoms with Gasteiger partial charge in [0.2, 0.25) is 5.91 Å². The summed E-state index contributed by atoms with van der Waals surface area (Å²) in [6.45, 7) is 3.60. The van der Waals surface area contributed by atoms with Gasteiger partial charge in [-0.05, 0) is 13.3 Å². The predicted octanol–water partition coefficient (Wildman–Crippen LogP) is -0.276. The molecule has 0 spiro atoms. The Morgan fingerprint density at radius 2 is 2.29 bits per heavy atom. The van der Waals surface area contributed by atoms with Crippen LogP contribution in [0.3, 0.4) is 0 Å². The van der Waals surface area contributed by atoms with Gasteiger partial charge in [-0.2, -0.15) is 5.10 Å². The number of amides is 1. The van der Waals surface area contributed by atoms with Crippen molar-refractivity contribution in [1.82, 2.24) is 16.1 Å². The summed E-state index contributed by atoms with van der Waals surface area (Å²) in [5.41, 5.74) is 3.30. The Morgan fingerprint density at radius 3 is 2.82 bits per heavy atom. The van der Waals surface area contributed by atoms with E-state index in [1.54, 1.807) is 6.92 Å². The summed E-state index contributed by atoms with van der Waals surface area (Å²) >= 11 is 0. The number of carbonyl (C=O) groups is 2. The molecule has 0 saturated carbocycles. The number of hydrazone groups is 1. The van der Waals surface area contributed by atoms with Crippen molar-refractivity contribution in [2.75, 3.05) is 0 Å². The molecular formula is C10H16N4O3. The molecule has 94 valence electrons. The van der Waals surface area contributed by atoms with Gasteiger partial charge in [-0.25, -0.2) is 4.79 Å². The third-order valence-corrected chi connectivity index (χ3v) is 2.07. The van der Waals surface area contributed by atoms with Crippen LogP contribution in [0.25, 0.3) is 0 Å². The lowest BCUT2D eigenvalue weighted by Gasteiger charge is -2.24. The Hall–Kier alpha value is -2.05. The van der Waals surface area contributed by atoms with Gasteiger partial charge in [0.15, 0.2) is 6.29 Å². The van der Waals surface area contributed by atoms with Gasteiger partial charge in [-0.15, -0.1) is 0 Å². The fourth-order valence-corrected chi connectivity index (χ4v) is 1.34. The maximum atomic E-state index is 11.2. The standard InChI is InChI=1S/C10H16N4O3/c1-3-4-7(9(16)17)13-14-10-11-6(2)5-8(15)12-10/h5,10-11,14H,3-4H2,1-2H3,(H,12,15)(H,16,17)/b13-7-. The first kappa shape index (κ1) is 13.0. The van der Waals surface area contributed by atoms with Crippen LogP contribution < -0.4 is 16.1 Å². The number of nitrogens with zero attached hydrogens (tertiary/aromatic N) is 1. The zero-order valence-corrected chi connectivity index (χ0v) is 9.78. The molecule has 1 unspecified atom stereocenters. The highest BCUT2D eigenvalue weighted by Crippen LogP contribution is 1.96. The van der Waals surface area contributed by atoms with E-state index in [0.717, 1.165) is 0 Å². The van der Waals surface area contributed by atoms with E-state index >= 15 is 0 Å². The third kappa shape index (κ3) is 4.13. The largest absolute Gasteiger partial charge is 0.477 e. The summed E-state index contributed by atoms with van der Waals surface area (Å²) in [6.07, 6.45) is 1.89. The molecule has 7 heteroatoms. The summed E-state index contributed by atoms with van der Waals surface area (Å²) < 4.78 is 0. The summed E-state index contributed by atoms with van der Waals surface area (Å²) in [5, 5.41) is 18.1. The van der Waals surface area contributed by atoms with Gasteiger partial charge in [0.25, 0.3) is 0 Å². The minimum Gasteiger partial charge on any atom is -0.477 e. The van der Waals surface area contributed by atoms with E-state index in [4.69, 9.17) is 5.11 Å². The van der Waals surface area contributed by atoms with E-state index in [-0.39, 0.29) is 11.6 Å². The number of carbonyl (C=O) groups excluding carboxylic acids is 1. The summed E-state index contributed by atoms with van der Waals surface area (Å²) in [6, 6.07) is 0. The van der Waals surface area contributed by atoms with Crippen molar-refractivity contribution in [3.8, 4) is 0 Å². The molecule has 7 nitrogen and oxygen atoms in total. The maximum Gasteiger partial charge on any atom is 0.352 e. The summed E-state index contributed by atoms with van der Waals surface area (Å²) in [4.78, 5) is 22.0. The minimum absolute atomic E-state index is 0.0377. The molecule has 4 N–H and O–H groups in total. The average molecular weight is 240 g/mol. The molecule has 0 bridgehead atoms. The SMILES string of the molecule is CCC/C(=N/NC1NC(=O)C=C(C)N1)C(=O)O. The molecule has 0 aliphatic carbocycles. The molecule has 0 radical (unpaired) electrons. The van der Waals surface area contributed by atoms with Crippen molar-refractivity contribution in [3.05, 3.63) is 11.8 Å². The molecule has 0 aromatic heterocycles. The van der Waals surface area contributed by atoms with Crippen LogP contribution in [0.1, 0.15) is 26.7 Å². The second-order valence-corrected chi connectivity index (χ2v) is 3.66. The first-order valence-electron chi connectivity index (χ1n) is 5.33. The normalized spacial score (nSPS) is 20.1. The Kier molecular flexibility index (Phi) is 4.50. The monoisotopic (exact) mass is 240 g/mol. The molecule has 1 rings (SSSR count). The van der Waals surface area contributed by atoms with Gasteiger partial charge < -0.3 is 15.7 Å². The van der Waals surface area contributed by atoms with Crippen LogP contribution in [0, 0.1) is 0 Å². The number of nitrogens with one attached hydrogen (secondary N) is 3. The van der Waals surface area contributed by atoms with E-state index in [1.165, 1.54) is 6.08 Å². The molecule has 0 aromatic carbocycles. The first-order valence-corrected chi connectivity index (χ1v) is 5.33. The van der Waals surface area contributed by atoms with Crippen molar-refractivity contribution in [3.63, 3.8) is 0 Å². The summed E-state index contributed by atoms with van der Waals surface area (Å²) in [5.74, 6) is -1.31. The van der Waals surface area contributed by atoms with Crippen molar-refractivity contribution in [2.24, 2.45) is 5.10 Å². The Labute approximate surface area is 99.0 Å². The van der Waals surface area contributed by atoms with Gasteiger partial charge in [0.1, 0.15) is 5.71 Å². The van der Waals surface area contributed by atoms with Crippen LogP contribution in [-0.4, -0.2) is 29.0 Å². The van der Waals surface area contributed by atoms with Gasteiger partial charge in [0.05, 0.1) is 0 Å². The molecule has 1 heterocycles. The fraction of sp³-hybridized carbons (Fsp3) is 0.500. The topological polar surface area (TPSA) is 103 Å². The van der Waals surface area contributed by atoms with E-state index in [0.29, 0.717) is 18.5 Å². The first-order chi connectivity index (χ1) is 8.02. The lowest BCUT2D eigenvalue weighted by atomic mass is 10.2. The smallest absolute Gasteiger partial charge is 0.352 e. The van der Waals surface area contributed by atoms with E-state index in [9.17, 15) is 9.59 Å². The molecule has 1 aliphatic heterocycles. The molecule has 0 aromatic rings. The van der Waals surface area contributed by atoms with Crippen molar-refractivity contribution < 1.29 is 14.7 Å². The molecular weight excluding hydrogens is 224 g/mol. The predicted molar refractivity (Wildman–Crippen MR) is 61.9 cm³/mol. The zero-order chi connectivity index (χ0) is 12.8. The van der Waals surface area contributed by atoms with Gasteiger partial charge in [-0.3, -0.25) is 10.2 Å². The highest BCUT2D eigenvalue weighted by atomic mass is 16.4. The molecule has 0 fully saturated rings. The zero-order valence-electron chi connectivity index (χ0n) is 9.78. The quantitative estimate of drug-likeness (QED) is 0.391. The van der Waals surface area contributed by atoms with Crippen molar-refractivity contribution in [1.29, 1.82) is 0 Å². The minimum atomic E-state index is -1.06. The fourth-order valence-electron chi connectivity index (χ4n) is 1.34. The van der Waals surface area contributed by atoms with Gasteiger partial charge >= 0.3 is 5.97 Å². The van der Waals surface area contributed by atoms with Crippen LogP contribution in [0.15, 0.2) is 16.9 Å².